The van der Waals surface area contributed by atoms with Gasteiger partial charge in [-0.2, -0.15) is 0 Å². The fourth-order valence-electron chi connectivity index (χ4n) is 0.262. The van der Waals surface area contributed by atoms with Crippen molar-refractivity contribution in [2.24, 2.45) is 0 Å². The van der Waals surface area contributed by atoms with Crippen LogP contribution < -0.4 is 0 Å². The standard InChI is InChI=1S/C4H10O.C3H8O3/c1-3-5-4-2;4-1-3(6)2-5/h3-4H2,1-2H3;3-6H,1-2H2. The molecule has 0 radical (unpaired) electrons. The second-order valence-corrected chi connectivity index (χ2v) is 1.80. The smallest absolute Gasteiger partial charge is 0.100 e. The topological polar surface area (TPSA) is 69.9 Å². The second-order valence-electron chi connectivity index (χ2n) is 1.80. The third-order valence-electron chi connectivity index (χ3n) is 0.830. The highest BCUT2D eigenvalue weighted by Crippen LogP contribution is 1.71. The summed E-state index contributed by atoms with van der Waals surface area (Å²) in [6.07, 6.45) is -0.954. The number of rotatable bonds is 4. The van der Waals surface area contributed by atoms with Gasteiger partial charge in [0.2, 0.25) is 0 Å². The summed E-state index contributed by atoms with van der Waals surface area (Å²) in [5.74, 6) is 0. The van der Waals surface area contributed by atoms with Crippen LogP contribution in [0.4, 0.5) is 0 Å². The Hall–Kier alpha value is -0.160. The summed E-state index contributed by atoms with van der Waals surface area (Å²) in [6.45, 7) is 4.94. The Labute approximate surface area is 67.4 Å². The maximum atomic E-state index is 8.17. The lowest BCUT2D eigenvalue weighted by Gasteiger charge is -1.96. The van der Waals surface area contributed by atoms with Crippen molar-refractivity contribution in [1.82, 2.24) is 0 Å². The van der Waals surface area contributed by atoms with Crippen molar-refractivity contribution in [3.05, 3.63) is 0 Å². The maximum Gasteiger partial charge on any atom is 0.100 e. The zero-order chi connectivity index (χ0) is 9.11. The van der Waals surface area contributed by atoms with Gasteiger partial charge in [-0.15, -0.1) is 0 Å². The molecule has 0 aliphatic carbocycles. The van der Waals surface area contributed by atoms with Crippen LogP contribution >= 0.6 is 0 Å². The zero-order valence-corrected chi connectivity index (χ0v) is 7.16. The highest BCUT2D eigenvalue weighted by atomic mass is 16.5. The molecule has 0 aliphatic rings. The number of hydrogen-bond acceptors (Lipinski definition) is 4. The summed E-state index contributed by atoms with van der Waals surface area (Å²) in [5.41, 5.74) is 0. The predicted octanol–water partition coefficient (Wildman–Crippen LogP) is -0.625. The molecule has 0 unspecified atom stereocenters. The van der Waals surface area contributed by atoms with E-state index < -0.39 is 6.10 Å². The molecule has 0 saturated carbocycles. The quantitative estimate of drug-likeness (QED) is 0.520. The van der Waals surface area contributed by atoms with Crippen LogP contribution in [0, 0.1) is 0 Å². The van der Waals surface area contributed by atoms with Gasteiger partial charge in [-0.25, -0.2) is 0 Å². The second kappa shape index (κ2) is 12.5. The molecule has 70 valence electrons. The number of aliphatic hydroxyl groups excluding tert-OH is 3. The van der Waals surface area contributed by atoms with E-state index in [1.807, 2.05) is 13.8 Å². The van der Waals surface area contributed by atoms with Gasteiger partial charge in [-0.05, 0) is 13.8 Å². The summed E-state index contributed by atoms with van der Waals surface area (Å²) >= 11 is 0. The van der Waals surface area contributed by atoms with E-state index in [0.717, 1.165) is 13.2 Å². The van der Waals surface area contributed by atoms with Crippen LogP contribution in [0.15, 0.2) is 0 Å². The lowest BCUT2D eigenvalue weighted by atomic mass is 10.4. The molecule has 0 aliphatic heterocycles. The van der Waals surface area contributed by atoms with Gasteiger partial charge in [0.25, 0.3) is 0 Å². The largest absolute Gasteiger partial charge is 0.394 e. The molecular formula is C7H18O4. The van der Waals surface area contributed by atoms with Gasteiger partial charge in [0.05, 0.1) is 13.2 Å². The normalized spacial score (nSPS) is 9.27. The SMILES string of the molecule is CCOCC.OCC(O)CO. The van der Waals surface area contributed by atoms with Gasteiger partial charge in [0, 0.05) is 13.2 Å². The first kappa shape index (κ1) is 13.4. The Kier molecular flexibility index (Phi) is 15.3. The van der Waals surface area contributed by atoms with Gasteiger partial charge >= 0.3 is 0 Å². The number of ether oxygens (including phenoxy) is 1. The molecule has 0 heterocycles. The van der Waals surface area contributed by atoms with E-state index >= 15 is 0 Å². The molecule has 0 rings (SSSR count). The van der Waals surface area contributed by atoms with Crippen LogP contribution in [-0.2, 0) is 4.74 Å². The molecule has 3 N–H and O–H groups in total. The average Bonchev–Trinajstić information content (AvgIpc) is 2.06. The monoisotopic (exact) mass is 166 g/mol. The third-order valence-corrected chi connectivity index (χ3v) is 0.830. The summed E-state index contributed by atoms with van der Waals surface area (Å²) in [6, 6.07) is 0. The first-order chi connectivity index (χ1) is 5.22. The maximum absolute atomic E-state index is 8.17. The summed E-state index contributed by atoms with van der Waals surface area (Å²) in [5, 5.41) is 24.0. The van der Waals surface area contributed by atoms with E-state index in [1.165, 1.54) is 0 Å². The van der Waals surface area contributed by atoms with Gasteiger partial charge in [-0.3, -0.25) is 0 Å². The molecule has 0 bridgehead atoms. The molecule has 0 atom stereocenters. The Balaban J connectivity index is 0. The van der Waals surface area contributed by atoms with Crippen LogP contribution in [0.1, 0.15) is 13.8 Å². The van der Waals surface area contributed by atoms with Crippen LogP contribution in [0.2, 0.25) is 0 Å². The molecule has 4 heteroatoms. The molecule has 0 aromatic rings. The first-order valence-corrected chi connectivity index (χ1v) is 3.70. The van der Waals surface area contributed by atoms with Crippen molar-refractivity contribution < 1.29 is 20.1 Å². The van der Waals surface area contributed by atoms with E-state index in [4.69, 9.17) is 20.1 Å². The molecule has 0 spiro atoms. The molecule has 4 nitrogen and oxygen atoms in total. The van der Waals surface area contributed by atoms with Crippen LogP contribution in [0.25, 0.3) is 0 Å². The van der Waals surface area contributed by atoms with Crippen LogP contribution in [-0.4, -0.2) is 47.9 Å². The minimum atomic E-state index is -0.954. The fourth-order valence-corrected chi connectivity index (χ4v) is 0.262. The lowest BCUT2D eigenvalue weighted by molar-refractivity contribution is 0.0450. The lowest BCUT2D eigenvalue weighted by Crippen LogP contribution is -2.15. The molecule has 0 fully saturated rings. The Morgan fingerprint density at radius 3 is 1.45 bits per heavy atom. The van der Waals surface area contributed by atoms with Crippen molar-refractivity contribution >= 4 is 0 Å². The van der Waals surface area contributed by atoms with E-state index in [2.05, 4.69) is 0 Å². The van der Waals surface area contributed by atoms with Crippen molar-refractivity contribution in [2.45, 2.75) is 20.0 Å². The highest BCUT2D eigenvalue weighted by molar-refractivity contribution is 4.43. The van der Waals surface area contributed by atoms with Gasteiger partial charge in [0.1, 0.15) is 6.10 Å². The molecule has 0 aromatic carbocycles. The Bertz CT molecular complexity index is 52.4. The van der Waals surface area contributed by atoms with Crippen LogP contribution in [0.5, 0.6) is 0 Å². The molecule has 0 aromatic heterocycles. The summed E-state index contributed by atoms with van der Waals surface area (Å²) < 4.78 is 4.83. The summed E-state index contributed by atoms with van der Waals surface area (Å²) in [7, 11) is 0. The molecule has 11 heavy (non-hydrogen) atoms. The predicted molar refractivity (Wildman–Crippen MR) is 42.3 cm³/mol. The molecule has 0 amide bonds. The van der Waals surface area contributed by atoms with Crippen molar-refractivity contribution in [3.8, 4) is 0 Å². The fraction of sp³-hybridized carbons (Fsp3) is 1.00. The average molecular weight is 166 g/mol. The first-order valence-electron chi connectivity index (χ1n) is 3.70. The highest BCUT2D eigenvalue weighted by Gasteiger charge is 1.93. The van der Waals surface area contributed by atoms with Crippen molar-refractivity contribution in [3.63, 3.8) is 0 Å². The summed E-state index contributed by atoms with van der Waals surface area (Å²) in [4.78, 5) is 0. The minimum Gasteiger partial charge on any atom is -0.394 e. The van der Waals surface area contributed by atoms with E-state index in [9.17, 15) is 0 Å². The van der Waals surface area contributed by atoms with Gasteiger partial charge in [0.15, 0.2) is 0 Å². The van der Waals surface area contributed by atoms with Crippen molar-refractivity contribution in [1.29, 1.82) is 0 Å². The van der Waals surface area contributed by atoms with Gasteiger partial charge < -0.3 is 20.1 Å². The molecule has 0 saturated heterocycles. The zero-order valence-electron chi connectivity index (χ0n) is 7.16. The Morgan fingerprint density at radius 2 is 1.45 bits per heavy atom. The van der Waals surface area contributed by atoms with E-state index in [1.54, 1.807) is 0 Å². The van der Waals surface area contributed by atoms with Crippen LogP contribution in [0.3, 0.4) is 0 Å². The number of hydrogen-bond donors (Lipinski definition) is 3. The van der Waals surface area contributed by atoms with Gasteiger partial charge in [-0.1, -0.05) is 0 Å². The third kappa shape index (κ3) is 17.7. The van der Waals surface area contributed by atoms with E-state index in [-0.39, 0.29) is 13.2 Å². The minimum absolute atomic E-state index is 0.365. The van der Waals surface area contributed by atoms with E-state index in [0.29, 0.717) is 0 Å². The number of aliphatic hydroxyl groups is 3. The molecular weight excluding hydrogens is 148 g/mol. The Morgan fingerprint density at radius 1 is 1.09 bits per heavy atom. The van der Waals surface area contributed by atoms with Crippen molar-refractivity contribution in [2.75, 3.05) is 26.4 Å².